The van der Waals surface area contributed by atoms with Gasteiger partial charge in [0.2, 0.25) is 0 Å². The largest absolute Gasteiger partial charge is 0.360 e. The smallest absolute Gasteiger partial charge is 0.170 e. The number of nitrogens with zero attached hydrogens (tertiary/aromatic N) is 1. The van der Waals surface area contributed by atoms with E-state index in [0.29, 0.717) is 18.1 Å². The van der Waals surface area contributed by atoms with E-state index in [1.807, 2.05) is 0 Å². The number of piperidine rings is 1. The molecule has 2 N–H and O–H groups in total. The number of fused-ring (bicyclic) bond motifs is 2. The molecule has 27 heavy (non-hydrogen) atoms. The van der Waals surface area contributed by atoms with Gasteiger partial charge in [-0.3, -0.25) is 4.90 Å². The van der Waals surface area contributed by atoms with E-state index in [9.17, 15) is 0 Å². The van der Waals surface area contributed by atoms with E-state index in [0.717, 1.165) is 17.3 Å². The number of benzene rings is 2. The Kier molecular flexibility index (Phi) is 5.46. The third-order valence-corrected chi connectivity index (χ3v) is 6.13. The second kappa shape index (κ2) is 7.99. The number of hydrogen-bond donors (Lipinski definition) is 2. The molecule has 2 aliphatic heterocycles. The Bertz CT molecular complexity index is 770. The summed E-state index contributed by atoms with van der Waals surface area (Å²) < 4.78 is 0. The van der Waals surface area contributed by atoms with E-state index in [4.69, 9.17) is 12.2 Å². The molecule has 2 saturated heterocycles. The lowest BCUT2D eigenvalue weighted by atomic mass is 9.96. The Balaban J connectivity index is 1.33. The molecule has 0 unspecified atom stereocenters. The molecule has 142 valence electrons. The molecular formula is C23H29N3S. The molecule has 3 nitrogen and oxygen atoms in total. The van der Waals surface area contributed by atoms with Gasteiger partial charge in [0.1, 0.15) is 0 Å². The Hall–Kier alpha value is -1.91. The quantitative estimate of drug-likeness (QED) is 0.747. The lowest BCUT2D eigenvalue weighted by molar-refractivity contribution is 0.115. The first kappa shape index (κ1) is 18.5. The molecule has 4 rings (SSSR count). The van der Waals surface area contributed by atoms with Gasteiger partial charge in [0.05, 0.1) is 0 Å². The highest BCUT2D eigenvalue weighted by atomic mass is 32.1. The molecule has 2 aromatic carbocycles. The zero-order valence-corrected chi connectivity index (χ0v) is 17.1. The van der Waals surface area contributed by atoms with Crippen LogP contribution in [0.4, 0.5) is 5.69 Å². The highest BCUT2D eigenvalue weighted by Gasteiger charge is 2.40. The second-order valence-corrected chi connectivity index (χ2v) is 8.59. The summed E-state index contributed by atoms with van der Waals surface area (Å²) in [7, 11) is 0. The maximum absolute atomic E-state index is 5.60. The monoisotopic (exact) mass is 379 g/mol. The highest BCUT2D eigenvalue weighted by Crippen LogP contribution is 2.36. The van der Waals surface area contributed by atoms with Gasteiger partial charge in [-0.2, -0.15) is 0 Å². The number of aryl methyl sites for hydroxylation is 2. The van der Waals surface area contributed by atoms with Crippen molar-refractivity contribution >= 4 is 23.0 Å². The maximum Gasteiger partial charge on any atom is 0.170 e. The zero-order chi connectivity index (χ0) is 18.8. The van der Waals surface area contributed by atoms with Crippen molar-refractivity contribution in [3.05, 3.63) is 65.2 Å². The second-order valence-electron chi connectivity index (χ2n) is 8.19. The molecule has 2 aromatic rings. The van der Waals surface area contributed by atoms with Gasteiger partial charge in [-0.25, -0.2) is 0 Å². The number of anilines is 1. The number of thiocarbonyl (C=S) groups is 1. The average Bonchev–Trinajstić information content (AvgIpc) is 2.84. The highest BCUT2D eigenvalue weighted by molar-refractivity contribution is 7.80. The summed E-state index contributed by atoms with van der Waals surface area (Å²) >= 11 is 5.60. The number of hydrogen-bond acceptors (Lipinski definition) is 2. The van der Waals surface area contributed by atoms with Gasteiger partial charge in [-0.15, -0.1) is 0 Å². The SMILES string of the molecule is Cc1cc(C)cc(NC(=S)NC2C[C@@H]3CC[C@@H](C2)N3Cc2ccccc2)c1. The minimum atomic E-state index is 0.473. The van der Waals surface area contributed by atoms with Crippen molar-refractivity contribution < 1.29 is 0 Å². The van der Waals surface area contributed by atoms with Crippen LogP contribution in [0.1, 0.15) is 42.4 Å². The van der Waals surface area contributed by atoms with Gasteiger partial charge in [0.15, 0.2) is 5.11 Å². The van der Waals surface area contributed by atoms with E-state index in [1.165, 1.54) is 42.4 Å². The van der Waals surface area contributed by atoms with Gasteiger partial charge in [0.25, 0.3) is 0 Å². The van der Waals surface area contributed by atoms with Crippen molar-refractivity contribution in [1.29, 1.82) is 0 Å². The fourth-order valence-electron chi connectivity index (χ4n) is 4.84. The molecule has 2 bridgehead atoms. The summed E-state index contributed by atoms with van der Waals surface area (Å²) in [5.41, 5.74) is 5.02. The van der Waals surface area contributed by atoms with Crippen molar-refractivity contribution in [3.8, 4) is 0 Å². The summed E-state index contributed by atoms with van der Waals surface area (Å²) in [5.74, 6) is 0. The minimum absolute atomic E-state index is 0.473. The standard InChI is InChI=1S/C23H29N3S/c1-16-10-17(2)12-19(11-16)24-23(27)25-20-13-21-8-9-22(14-20)26(21)15-18-6-4-3-5-7-18/h3-7,10-12,20-22H,8-9,13-15H2,1-2H3,(H2,24,25,27)/t21-,22-/m0/s1. The first-order valence-corrected chi connectivity index (χ1v) is 10.4. The van der Waals surface area contributed by atoms with Gasteiger partial charge in [0, 0.05) is 30.4 Å². The van der Waals surface area contributed by atoms with Crippen LogP contribution in [0.5, 0.6) is 0 Å². The topological polar surface area (TPSA) is 27.3 Å². The van der Waals surface area contributed by atoms with Crippen molar-refractivity contribution in [1.82, 2.24) is 10.2 Å². The lowest BCUT2D eigenvalue weighted by Gasteiger charge is -2.39. The Labute approximate surface area is 168 Å². The van der Waals surface area contributed by atoms with Crippen LogP contribution in [0.2, 0.25) is 0 Å². The molecule has 4 heteroatoms. The first-order chi connectivity index (χ1) is 13.1. The third kappa shape index (κ3) is 4.50. The molecular weight excluding hydrogens is 350 g/mol. The molecule has 2 aliphatic rings. The predicted molar refractivity (Wildman–Crippen MR) is 117 cm³/mol. The van der Waals surface area contributed by atoms with Crippen LogP contribution in [0, 0.1) is 13.8 Å². The van der Waals surface area contributed by atoms with Gasteiger partial charge in [-0.1, -0.05) is 36.4 Å². The number of rotatable bonds is 4. The molecule has 0 spiro atoms. The average molecular weight is 380 g/mol. The fourth-order valence-corrected chi connectivity index (χ4v) is 5.13. The van der Waals surface area contributed by atoms with Crippen molar-refractivity contribution in [2.75, 3.05) is 5.32 Å². The molecule has 0 radical (unpaired) electrons. The van der Waals surface area contributed by atoms with Crippen LogP contribution < -0.4 is 10.6 Å². The zero-order valence-electron chi connectivity index (χ0n) is 16.2. The Morgan fingerprint density at radius 3 is 2.26 bits per heavy atom. The predicted octanol–water partition coefficient (Wildman–Crippen LogP) is 4.79. The van der Waals surface area contributed by atoms with Crippen LogP contribution in [-0.4, -0.2) is 28.1 Å². The fraction of sp³-hybridized carbons (Fsp3) is 0.435. The Morgan fingerprint density at radius 1 is 1.00 bits per heavy atom. The molecule has 0 saturated carbocycles. The molecule has 2 heterocycles. The molecule has 2 atom stereocenters. The van der Waals surface area contributed by atoms with Crippen LogP contribution in [0.15, 0.2) is 48.5 Å². The van der Waals surface area contributed by atoms with Gasteiger partial charge < -0.3 is 10.6 Å². The van der Waals surface area contributed by atoms with Gasteiger partial charge >= 0.3 is 0 Å². The summed E-state index contributed by atoms with van der Waals surface area (Å²) in [5, 5.41) is 7.71. The number of nitrogens with one attached hydrogen (secondary N) is 2. The normalized spacial score (nSPS) is 24.6. The molecule has 0 aromatic heterocycles. The molecule has 0 aliphatic carbocycles. The van der Waals surface area contributed by atoms with E-state index in [-0.39, 0.29) is 0 Å². The summed E-state index contributed by atoms with van der Waals surface area (Å²) in [6.07, 6.45) is 4.98. The molecule has 0 amide bonds. The summed E-state index contributed by atoms with van der Waals surface area (Å²) in [4.78, 5) is 2.72. The van der Waals surface area contributed by atoms with Crippen molar-refractivity contribution in [2.24, 2.45) is 0 Å². The minimum Gasteiger partial charge on any atom is -0.360 e. The van der Waals surface area contributed by atoms with E-state index in [2.05, 4.69) is 77.9 Å². The van der Waals surface area contributed by atoms with Gasteiger partial charge in [-0.05, 0) is 80.6 Å². The summed E-state index contributed by atoms with van der Waals surface area (Å²) in [6, 6.07) is 19.2. The molecule has 2 fully saturated rings. The van der Waals surface area contributed by atoms with Crippen molar-refractivity contribution in [3.63, 3.8) is 0 Å². The van der Waals surface area contributed by atoms with Crippen LogP contribution in [-0.2, 0) is 6.54 Å². The van der Waals surface area contributed by atoms with Crippen LogP contribution in [0.3, 0.4) is 0 Å². The lowest BCUT2D eigenvalue weighted by Crippen LogP contribution is -2.50. The first-order valence-electron chi connectivity index (χ1n) is 10.0. The Morgan fingerprint density at radius 2 is 1.63 bits per heavy atom. The van der Waals surface area contributed by atoms with E-state index >= 15 is 0 Å². The van der Waals surface area contributed by atoms with E-state index in [1.54, 1.807) is 0 Å². The van der Waals surface area contributed by atoms with Crippen molar-refractivity contribution in [2.45, 2.75) is 64.2 Å². The maximum atomic E-state index is 5.60. The third-order valence-electron chi connectivity index (χ3n) is 5.91. The van der Waals surface area contributed by atoms with E-state index < -0.39 is 0 Å². The van der Waals surface area contributed by atoms with Crippen LogP contribution >= 0.6 is 12.2 Å². The van der Waals surface area contributed by atoms with Crippen LogP contribution in [0.25, 0.3) is 0 Å². The summed E-state index contributed by atoms with van der Waals surface area (Å²) in [6.45, 7) is 5.32.